The average Bonchev–Trinajstić information content (AvgIpc) is 3.35. The van der Waals surface area contributed by atoms with Gasteiger partial charge in [0.2, 0.25) is 0 Å². The predicted octanol–water partition coefficient (Wildman–Crippen LogP) is 10.2. The highest BCUT2D eigenvalue weighted by molar-refractivity contribution is 5.94. The monoisotopic (exact) mass is 568 g/mol. The zero-order valence-corrected chi connectivity index (χ0v) is 24.9. The highest BCUT2D eigenvalue weighted by Gasteiger charge is 2.55. The SMILES string of the molecule is CC1C=CC2=C(C1)C1(C3=C2C=CCC3C)c2ccccc2Oc2c(-c3nc(-c4ccccc4)c4ccccc4n3)cccc21. The van der Waals surface area contributed by atoms with E-state index in [1.54, 1.807) is 0 Å². The third kappa shape index (κ3) is 3.44. The lowest BCUT2D eigenvalue weighted by molar-refractivity contribution is 0.415. The number of benzene rings is 4. The Morgan fingerprint density at radius 1 is 0.750 bits per heavy atom. The van der Waals surface area contributed by atoms with E-state index in [4.69, 9.17) is 14.7 Å². The summed E-state index contributed by atoms with van der Waals surface area (Å²) in [7, 11) is 0. The molecule has 3 unspecified atom stereocenters. The number of nitrogens with zero attached hydrogens (tertiary/aromatic N) is 2. The fraction of sp³-hybridized carbons (Fsp3) is 0.171. The summed E-state index contributed by atoms with van der Waals surface area (Å²) >= 11 is 0. The Morgan fingerprint density at radius 2 is 1.55 bits per heavy atom. The van der Waals surface area contributed by atoms with Crippen LogP contribution in [0.5, 0.6) is 11.5 Å². The molecule has 3 nitrogen and oxygen atoms in total. The van der Waals surface area contributed by atoms with Crippen LogP contribution in [0.15, 0.2) is 144 Å². The van der Waals surface area contributed by atoms with Crippen molar-refractivity contribution in [3.63, 3.8) is 0 Å². The third-order valence-corrected chi connectivity index (χ3v) is 9.96. The van der Waals surface area contributed by atoms with E-state index in [0.717, 1.165) is 52.1 Å². The summed E-state index contributed by atoms with van der Waals surface area (Å²) in [5, 5.41) is 1.04. The van der Waals surface area contributed by atoms with E-state index in [-0.39, 0.29) is 0 Å². The molecule has 4 aromatic carbocycles. The topological polar surface area (TPSA) is 35.0 Å². The predicted molar refractivity (Wildman–Crippen MR) is 178 cm³/mol. The second kappa shape index (κ2) is 9.49. The maximum atomic E-state index is 6.97. The van der Waals surface area contributed by atoms with Crippen LogP contribution in [-0.4, -0.2) is 9.97 Å². The van der Waals surface area contributed by atoms with Gasteiger partial charge in [-0.05, 0) is 65.2 Å². The minimum Gasteiger partial charge on any atom is -0.456 e. The maximum Gasteiger partial charge on any atom is 0.164 e. The first-order valence-corrected chi connectivity index (χ1v) is 15.7. The minimum atomic E-state index is -0.396. The Kier molecular flexibility index (Phi) is 5.49. The number of allylic oxidation sites excluding steroid dienone is 8. The molecule has 0 saturated heterocycles. The van der Waals surface area contributed by atoms with Crippen molar-refractivity contribution in [1.82, 2.24) is 9.97 Å². The normalized spacial score (nSPS) is 23.0. The molecule has 1 aliphatic heterocycles. The van der Waals surface area contributed by atoms with Gasteiger partial charge in [0.25, 0.3) is 0 Å². The fourth-order valence-electron chi connectivity index (χ4n) is 8.17. The van der Waals surface area contributed by atoms with E-state index in [9.17, 15) is 0 Å². The number of aromatic nitrogens is 2. The molecular formula is C41H32N2O. The lowest BCUT2D eigenvalue weighted by Gasteiger charge is -2.45. The van der Waals surface area contributed by atoms with Gasteiger partial charge < -0.3 is 4.74 Å². The number of para-hydroxylation sites is 3. The first kappa shape index (κ1) is 25.5. The van der Waals surface area contributed by atoms with E-state index in [1.807, 2.05) is 12.1 Å². The molecule has 0 radical (unpaired) electrons. The molecule has 44 heavy (non-hydrogen) atoms. The smallest absolute Gasteiger partial charge is 0.164 e. The molecule has 0 N–H and O–H groups in total. The van der Waals surface area contributed by atoms with Crippen molar-refractivity contribution in [3.8, 4) is 34.1 Å². The van der Waals surface area contributed by atoms with Gasteiger partial charge in [0.05, 0.1) is 22.2 Å². The van der Waals surface area contributed by atoms with Gasteiger partial charge in [-0.2, -0.15) is 0 Å². The summed E-state index contributed by atoms with van der Waals surface area (Å²) in [4.78, 5) is 10.4. The van der Waals surface area contributed by atoms with E-state index in [2.05, 4.69) is 123 Å². The van der Waals surface area contributed by atoms with Gasteiger partial charge >= 0.3 is 0 Å². The molecule has 4 aliphatic rings. The second-order valence-electron chi connectivity index (χ2n) is 12.6. The highest BCUT2D eigenvalue weighted by atomic mass is 16.5. The summed E-state index contributed by atoms with van der Waals surface area (Å²) in [5.41, 5.74) is 11.7. The van der Waals surface area contributed by atoms with Crippen molar-refractivity contribution in [2.24, 2.45) is 11.8 Å². The van der Waals surface area contributed by atoms with Crippen LogP contribution in [0.3, 0.4) is 0 Å². The first-order valence-electron chi connectivity index (χ1n) is 15.7. The lowest BCUT2D eigenvalue weighted by atomic mass is 9.59. The molecule has 0 fully saturated rings. The van der Waals surface area contributed by atoms with Crippen molar-refractivity contribution in [2.45, 2.75) is 32.1 Å². The standard InChI is InChI=1S/C41H32N2O/c1-25-22-23-28-29-16-10-12-26(2)37(29)41(34(28)24-25)32-18-7-9-21-36(32)44-39-31(17-11-19-33(39)41)40-42-35-20-8-6-15-30(35)38(43-40)27-13-4-3-5-14-27/h3-11,13-23,25-26H,12,24H2,1-2H3. The van der Waals surface area contributed by atoms with E-state index < -0.39 is 5.41 Å². The van der Waals surface area contributed by atoms with Crippen molar-refractivity contribution in [3.05, 3.63) is 155 Å². The zero-order chi connectivity index (χ0) is 29.4. The summed E-state index contributed by atoms with van der Waals surface area (Å²) in [5.74, 6) is 3.33. The summed E-state index contributed by atoms with van der Waals surface area (Å²) in [6, 6.07) is 34.0. The minimum absolute atomic E-state index is 0.396. The Balaban J connectivity index is 1.36. The van der Waals surface area contributed by atoms with Crippen molar-refractivity contribution >= 4 is 10.9 Å². The quantitative estimate of drug-likeness (QED) is 0.213. The molecule has 3 aliphatic carbocycles. The molecule has 0 amide bonds. The largest absolute Gasteiger partial charge is 0.456 e. The van der Waals surface area contributed by atoms with Crippen molar-refractivity contribution in [2.75, 3.05) is 0 Å². The molecular weight excluding hydrogens is 536 g/mol. The molecule has 5 aromatic rings. The Bertz CT molecular complexity index is 2130. The van der Waals surface area contributed by atoms with Gasteiger partial charge in [0.1, 0.15) is 11.5 Å². The molecule has 0 bridgehead atoms. The average molecular weight is 569 g/mol. The Morgan fingerprint density at radius 3 is 2.45 bits per heavy atom. The second-order valence-corrected chi connectivity index (χ2v) is 12.6. The third-order valence-electron chi connectivity index (χ3n) is 9.96. The summed E-state index contributed by atoms with van der Waals surface area (Å²) in [6.07, 6.45) is 11.5. The Labute approximate surface area is 258 Å². The number of rotatable bonds is 2. The molecule has 0 saturated carbocycles. The molecule has 3 heteroatoms. The van der Waals surface area contributed by atoms with Gasteiger partial charge in [0, 0.05) is 22.1 Å². The van der Waals surface area contributed by atoms with Crippen LogP contribution in [0.1, 0.15) is 37.8 Å². The van der Waals surface area contributed by atoms with Gasteiger partial charge in [-0.15, -0.1) is 0 Å². The van der Waals surface area contributed by atoms with E-state index in [0.29, 0.717) is 17.7 Å². The molecule has 212 valence electrons. The van der Waals surface area contributed by atoms with Gasteiger partial charge in [-0.25, -0.2) is 9.97 Å². The number of ether oxygens (including phenoxy) is 1. The first-order chi connectivity index (χ1) is 21.6. The highest BCUT2D eigenvalue weighted by Crippen LogP contribution is 2.65. The van der Waals surface area contributed by atoms with Crippen LogP contribution in [0.4, 0.5) is 0 Å². The van der Waals surface area contributed by atoms with Crippen LogP contribution in [0.25, 0.3) is 33.5 Å². The molecule has 2 heterocycles. The van der Waals surface area contributed by atoms with Crippen LogP contribution in [0, 0.1) is 11.8 Å². The zero-order valence-electron chi connectivity index (χ0n) is 24.9. The summed E-state index contributed by atoms with van der Waals surface area (Å²) in [6.45, 7) is 4.73. The van der Waals surface area contributed by atoms with Gasteiger partial charge in [0.15, 0.2) is 5.82 Å². The van der Waals surface area contributed by atoms with Crippen LogP contribution >= 0.6 is 0 Å². The Hall–Kier alpha value is -5.02. The van der Waals surface area contributed by atoms with Gasteiger partial charge in [-0.3, -0.25) is 0 Å². The maximum absolute atomic E-state index is 6.97. The van der Waals surface area contributed by atoms with Crippen LogP contribution in [-0.2, 0) is 5.41 Å². The van der Waals surface area contributed by atoms with Crippen LogP contribution < -0.4 is 4.74 Å². The van der Waals surface area contributed by atoms with E-state index >= 15 is 0 Å². The molecule has 1 aromatic heterocycles. The number of hydrogen-bond acceptors (Lipinski definition) is 3. The number of fused-ring (bicyclic) bond motifs is 8. The lowest BCUT2D eigenvalue weighted by Crippen LogP contribution is -2.37. The van der Waals surface area contributed by atoms with E-state index in [1.165, 1.54) is 33.4 Å². The summed E-state index contributed by atoms with van der Waals surface area (Å²) < 4.78 is 6.97. The molecule has 3 atom stereocenters. The van der Waals surface area contributed by atoms with Crippen LogP contribution in [0.2, 0.25) is 0 Å². The van der Waals surface area contributed by atoms with Crippen molar-refractivity contribution < 1.29 is 4.74 Å². The van der Waals surface area contributed by atoms with Gasteiger partial charge in [-0.1, -0.05) is 117 Å². The fourth-order valence-corrected chi connectivity index (χ4v) is 8.17. The molecule has 1 spiro atoms. The molecule has 9 rings (SSSR count). The van der Waals surface area contributed by atoms with Crippen molar-refractivity contribution in [1.29, 1.82) is 0 Å². The number of hydrogen-bond donors (Lipinski definition) is 0.